The van der Waals surface area contributed by atoms with Crippen molar-refractivity contribution >= 4 is 15.9 Å². The lowest BCUT2D eigenvalue weighted by Crippen LogP contribution is -2.43. The van der Waals surface area contributed by atoms with E-state index in [0.717, 1.165) is 23.1 Å². The molecule has 6 heteroatoms. The maximum atomic E-state index is 6.47. The highest BCUT2D eigenvalue weighted by Gasteiger charge is 2.40. The molecule has 1 heterocycles. The number of halogens is 1. The molecule has 18 heavy (non-hydrogen) atoms. The molecule has 0 aliphatic heterocycles. The molecule has 1 fully saturated rings. The average molecular weight is 317 g/mol. The van der Waals surface area contributed by atoms with Crippen molar-refractivity contribution in [1.29, 1.82) is 0 Å². The lowest BCUT2D eigenvalue weighted by Gasteiger charge is -2.37. The first kappa shape index (κ1) is 14.0. The maximum Gasteiger partial charge on any atom is 0.153 e. The Hall–Kier alpha value is -0.460. The summed E-state index contributed by atoms with van der Waals surface area (Å²) in [6.45, 7) is 0. The third kappa shape index (κ3) is 2.46. The van der Waals surface area contributed by atoms with Crippen LogP contribution < -0.4 is 5.73 Å². The zero-order chi connectivity index (χ0) is 13.2. The Balaban J connectivity index is 2.31. The van der Waals surface area contributed by atoms with Gasteiger partial charge >= 0.3 is 0 Å². The van der Waals surface area contributed by atoms with E-state index in [1.807, 2.05) is 7.05 Å². The Kier molecular flexibility index (Phi) is 4.40. The molecule has 0 radical (unpaired) electrons. The Bertz CT molecular complexity index is 379. The first-order chi connectivity index (χ1) is 8.60. The van der Waals surface area contributed by atoms with Crippen molar-refractivity contribution in [3.05, 3.63) is 10.3 Å². The van der Waals surface area contributed by atoms with Gasteiger partial charge in [-0.05, 0) is 28.8 Å². The molecule has 0 aromatic carbocycles. The van der Waals surface area contributed by atoms with E-state index in [1.54, 1.807) is 11.8 Å². The lowest BCUT2D eigenvalue weighted by atomic mass is 9.85. The largest absolute Gasteiger partial charge is 0.376 e. The molecule has 2 rings (SSSR count). The van der Waals surface area contributed by atoms with Crippen molar-refractivity contribution in [3.63, 3.8) is 0 Å². The number of rotatable bonds is 3. The predicted molar refractivity (Wildman–Crippen MR) is 73.1 cm³/mol. The second-order valence-corrected chi connectivity index (χ2v) is 5.80. The van der Waals surface area contributed by atoms with Crippen LogP contribution >= 0.6 is 15.9 Å². The number of aromatic nitrogens is 3. The van der Waals surface area contributed by atoms with Gasteiger partial charge in [-0.3, -0.25) is 0 Å². The number of ether oxygens (including phenoxy) is 1. The van der Waals surface area contributed by atoms with Crippen LogP contribution in [0.5, 0.6) is 0 Å². The molecule has 1 atom stereocenters. The molecular weight excluding hydrogens is 296 g/mol. The van der Waals surface area contributed by atoms with Gasteiger partial charge in [-0.25, -0.2) is 4.68 Å². The standard InChI is InChI=1S/C12H21BrN4O/c1-17-9(11(13)15-16-17)10(14)12(18-2)7-5-3-4-6-8-12/h10H,3-8,14H2,1-2H3. The quantitative estimate of drug-likeness (QED) is 0.869. The molecule has 1 aliphatic carbocycles. The summed E-state index contributed by atoms with van der Waals surface area (Å²) < 4.78 is 8.30. The molecule has 0 spiro atoms. The molecule has 102 valence electrons. The molecule has 0 saturated heterocycles. The monoisotopic (exact) mass is 316 g/mol. The Morgan fingerprint density at radius 2 is 1.94 bits per heavy atom. The maximum absolute atomic E-state index is 6.47. The summed E-state index contributed by atoms with van der Waals surface area (Å²) in [6, 6.07) is -0.199. The fraction of sp³-hybridized carbons (Fsp3) is 0.833. The van der Waals surface area contributed by atoms with Crippen LogP contribution in [0.4, 0.5) is 0 Å². The highest BCUT2D eigenvalue weighted by molar-refractivity contribution is 9.10. The van der Waals surface area contributed by atoms with Crippen LogP contribution in [0.25, 0.3) is 0 Å². The van der Waals surface area contributed by atoms with Crippen LogP contribution in [-0.4, -0.2) is 27.7 Å². The number of nitrogens with zero attached hydrogens (tertiary/aromatic N) is 3. The first-order valence-corrected chi connectivity index (χ1v) is 7.26. The lowest BCUT2D eigenvalue weighted by molar-refractivity contribution is -0.0461. The van der Waals surface area contributed by atoms with Gasteiger partial charge < -0.3 is 10.5 Å². The topological polar surface area (TPSA) is 66.0 Å². The molecule has 0 amide bonds. The Morgan fingerprint density at radius 1 is 1.33 bits per heavy atom. The van der Waals surface area contributed by atoms with E-state index in [0.29, 0.717) is 0 Å². The summed E-state index contributed by atoms with van der Waals surface area (Å²) in [5.41, 5.74) is 7.11. The zero-order valence-corrected chi connectivity index (χ0v) is 12.6. The number of hydrogen-bond acceptors (Lipinski definition) is 4. The van der Waals surface area contributed by atoms with Crippen LogP contribution in [-0.2, 0) is 11.8 Å². The Labute approximate surface area is 116 Å². The molecule has 2 N–H and O–H groups in total. The van der Waals surface area contributed by atoms with Crippen molar-refractivity contribution in [3.8, 4) is 0 Å². The summed E-state index contributed by atoms with van der Waals surface area (Å²) in [7, 11) is 3.63. The second kappa shape index (κ2) is 5.67. The number of methoxy groups -OCH3 is 1. The molecule has 1 saturated carbocycles. The fourth-order valence-corrected chi connectivity index (χ4v) is 3.46. The second-order valence-electron chi connectivity index (χ2n) is 5.05. The summed E-state index contributed by atoms with van der Waals surface area (Å²) in [4.78, 5) is 0. The minimum atomic E-state index is -0.283. The molecular formula is C12H21BrN4O. The third-order valence-electron chi connectivity index (χ3n) is 4.04. The van der Waals surface area contributed by atoms with Crippen LogP contribution in [0.1, 0.15) is 50.3 Å². The van der Waals surface area contributed by atoms with Crippen molar-refractivity contribution < 1.29 is 4.74 Å². The zero-order valence-electron chi connectivity index (χ0n) is 11.0. The van der Waals surface area contributed by atoms with E-state index < -0.39 is 0 Å². The van der Waals surface area contributed by atoms with E-state index in [4.69, 9.17) is 10.5 Å². The van der Waals surface area contributed by atoms with Gasteiger partial charge in [0.1, 0.15) is 0 Å². The molecule has 5 nitrogen and oxygen atoms in total. The van der Waals surface area contributed by atoms with Crippen molar-refractivity contribution in [2.75, 3.05) is 7.11 Å². The number of aryl methyl sites for hydroxylation is 1. The molecule has 1 aromatic rings. The van der Waals surface area contributed by atoms with E-state index in [2.05, 4.69) is 26.2 Å². The first-order valence-electron chi connectivity index (χ1n) is 6.46. The Morgan fingerprint density at radius 3 is 2.39 bits per heavy atom. The van der Waals surface area contributed by atoms with Crippen molar-refractivity contribution in [1.82, 2.24) is 15.0 Å². The highest BCUT2D eigenvalue weighted by atomic mass is 79.9. The van der Waals surface area contributed by atoms with Crippen molar-refractivity contribution in [2.24, 2.45) is 12.8 Å². The van der Waals surface area contributed by atoms with Crippen LogP contribution in [0, 0.1) is 0 Å². The van der Waals surface area contributed by atoms with Crippen LogP contribution in [0.15, 0.2) is 4.60 Å². The predicted octanol–water partition coefficient (Wildman–Crippen LogP) is 2.32. The van der Waals surface area contributed by atoms with Gasteiger partial charge in [0.15, 0.2) is 4.60 Å². The summed E-state index contributed by atoms with van der Waals surface area (Å²) >= 11 is 3.43. The smallest absolute Gasteiger partial charge is 0.153 e. The normalized spacial score (nSPS) is 21.6. The SMILES string of the molecule is COC1(C(N)c2c(Br)nnn2C)CCCCCC1. The molecule has 0 bridgehead atoms. The van der Waals surface area contributed by atoms with Crippen LogP contribution in [0.3, 0.4) is 0 Å². The molecule has 1 aliphatic rings. The third-order valence-corrected chi connectivity index (χ3v) is 4.61. The van der Waals surface area contributed by atoms with Gasteiger partial charge in [-0.1, -0.05) is 30.9 Å². The van der Waals surface area contributed by atoms with E-state index in [9.17, 15) is 0 Å². The van der Waals surface area contributed by atoms with Gasteiger partial charge in [0.05, 0.1) is 17.3 Å². The van der Waals surface area contributed by atoms with E-state index >= 15 is 0 Å². The molecule has 1 unspecified atom stereocenters. The van der Waals surface area contributed by atoms with Gasteiger partial charge in [-0.2, -0.15) is 0 Å². The average Bonchev–Trinajstić information content (AvgIpc) is 2.59. The van der Waals surface area contributed by atoms with Gasteiger partial charge in [-0.15, -0.1) is 5.10 Å². The minimum absolute atomic E-state index is 0.199. The van der Waals surface area contributed by atoms with Gasteiger partial charge in [0, 0.05) is 14.2 Å². The molecule has 1 aromatic heterocycles. The van der Waals surface area contributed by atoms with Crippen molar-refractivity contribution in [2.45, 2.75) is 50.2 Å². The summed E-state index contributed by atoms with van der Waals surface area (Å²) in [5.74, 6) is 0. The fourth-order valence-electron chi connectivity index (χ4n) is 2.89. The summed E-state index contributed by atoms with van der Waals surface area (Å²) in [5, 5.41) is 8.02. The number of hydrogen-bond donors (Lipinski definition) is 1. The highest BCUT2D eigenvalue weighted by Crippen LogP contribution is 2.40. The minimum Gasteiger partial charge on any atom is -0.376 e. The number of nitrogens with two attached hydrogens (primary N) is 1. The van der Waals surface area contributed by atoms with Gasteiger partial charge in [0.25, 0.3) is 0 Å². The summed E-state index contributed by atoms with van der Waals surface area (Å²) in [6.07, 6.45) is 6.88. The van der Waals surface area contributed by atoms with E-state index in [-0.39, 0.29) is 11.6 Å². The van der Waals surface area contributed by atoms with Crippen LogP contribution in [0.2, 0.25) is 0 Å². The van der Waals surface area contributed by atoms with Gasteiger partial charge in [0.2, 0.25) is 0 Å². The van der Waals surface area contributed by atoms with E-state index in [1.165, 1.54) is 25.7 Å².